The first-order chi connectivity index (χ1) is 41.9. The van der Waals surface area contributed by atoms with E-state index in [-0.39, 0.29) is 85.8 Å². The number of carbonyl (C=O) groups excluding carboxylic acids is 4. The molecule has 0 spiro atoms. The van der Waals surface area contributed by atoms with Gasteiger partial charge in [0, 0.05) is 81.7 Å². The summed E-state index contributed by atoms with van der Waals surface area (Å²) < 4.78 is 21.8. The molecule has 0 saturated heterocycles. The maximum absolute atomic E-state index is 12.8. The van der Waals surface area contributed by atoms with E-state index in [4.69, 9.17) is 49.6 Å². The van der Waals surface area contributed by atoms with Crippen molar-refractivity contribution in [3.63, 3.8) is 0 Å². The first kappa shape index (κ1) is 94.9. The normalized spacial score (nSPS) is 9.81. The van der Waals surface area contributed by atoms with Crippen LogP contribution in [0.15, 0.2) is 138 Å². The lowest BCUT2D eigenvalue weighted by Crippen LogP contribution is -2.55. The van der Waals surface area contributed by atoms with Crippen LogP contribution in [0.5, 0.6) is 0 Å². The average molecular weight is 1310 g/mol. The molecule has 0 bridgehead atoms. The van der Waals surface area contributed by atoms with Crippen molar-refractivity contribution in [1.82, 2.24) is 13.7 Å². The number of hydrogen-bond donors (Lipinski definition) is 13. The van der Waals surface area contributed by atoms with Gasteiger partial charge >= 0.3 is 76.8 Å². The molecular formula is C58H87N3O30. The fourth-order valence-electron chi connectivity index (χ4n) is 4.21. The minimum Gasteiger partial charge on any atom is -0.478 e. The topological polar surface area (TPSA) is 537 Å². The smallest absolute Gasteiger partial charge is 0.336 e. The Morgan fingerprint density at radius 3 is 0.615 bits per heavy atom. The van der Waals surface area contributed by atoms with Gasteiger partial charge in [-0.25, -0.2) is 76.0 Å². The molecule has 1 aromatic rings. The van der Waals surface area contributed by atoms with Gasteiger partial charge in [0.1, 0.15) is 31.8 Å². The van der Waals surface area contributed by atoms with E-state index in [1.807, 2.05) is 0 Å². The van der Waals surface area contributed by atoms with Gasteiger partial charge in [0.15, 0.2) is 0 Å². The van der Waals surface area contributed by atoms with Crippen LogP contribution in [0.1, 0.15) is 54.4 Å². The number of carboxylic acid groups (broad SMARTS) is 6. The summed E-state index contributed by atoms with van der Waals surface area (Å²) in [6.45, 7) is 33.8. The van der Waals surface area contributed by atoms with E-state index < -0.39 is 146 Å². The van der Waals surface area contributed by atoms with Crippen LogP contribution in [-0.4, -0.2) is 212 Å². The van der Waals surface area contributed by atoms with Crippen LogP contribution in [-0.2, 0) is 86.5 Å². The van der Waals surface area contributed by atoms with Crippen LogP contribution in [0, 0.1) is 16.2 Å². The van der Waals surface area contributed by atoms with Crippen molar-refractivity contribution in [3.05, 3.63) is 155 Å². The van der Waals surface area contributed by atoms with Gasteiger partial charge in [-0.2, -0.15) is 0 Å². The number of carboxylic acids is 6. The van der Waals surface area contributed by atoms with E-state index in [1.54, 1.807) is 0 Å². The Bertz CT molecular complexity index is 2440. The number of nitrogens with zero attached hydrogens (tertiary/aromatic N) is 3. The van der Waals surface area contributed by atoms with E-state index >= 15 is 0 Å². The molecule has 0 radical (unpaired) electrons. The number of aliphatic carboxylic acids is 6. The molecule has 1 rings (SSSR count). The van der Waals surface area contributed by atoms with Gasteiger partial charge in [0.05, 0.1) is 52.8 Å². The van der Waals surface area contributed by atoms with Crippen LogP contribution in [0.3, 0.4) is 0 Å². The van der Waals surface area contributed by atoms with Crippen LogP contribution in [0.25, 0.3) is 0 Å². The van der Waals surface area contributed by atoms with Crippen molar-refractivity contribution in [1.29, 1.82) is 0 Å². The molecule has 0 aliphatic carbocycles. The fourth-order valence-corrected chi connectivity index (χ4v) is 4.21. The van der Waals surface area contributed by atoms with Crippen LogP contribution in [0.4, 0.5) is 0 Å². The second kappa shape index (κ2) is 52.2. The Labute approximate surface area is 523 Å². The predicted octanol–water partition coefficient (Wildman–Crippen LogP) is -0.357. The molecule has 91 heavy (non-hydrogen) atoms. The number of carbonyl (C=O) groups is 10. The average Bonchev–Trinajstić information content (AvgIpc) is 0.812. The minimum atomic E-state index is -1.35. The summed E-state index contributed by atoms with van der Waals surface area (Å²) in [5.74, 6) is -8.65. The van der Waals surface area contributed by atoms with E-state index in [1.165, 1.54) is 41.5 Å². The highest BCUT2D eigenvalue weighted by atomic mass is 16.6. The van der Waals surface area contributed by atoms with Gasteiger partial charge < -0.3 is 85.3 Å². The van der Waals surface area contributed by atoms with Crippen molar-refractivity contribution in [3.8, 4) is 0 Å². The number of aliphatic hydroxyl groups excluding tert-OH is 7. The number of ether oxygens (including phenoxy) is 4. The van der Waals surface area contributed by atoms with E-state index in [0.717, 1.165) is 24.3 Å². The lowest BCUT2D eigenvalue weighted by atomic mass is 9.87. The Morgan fingerprint density at radius 1 is 0.341 bits per heavy atom. The molecule has 13 N–H and O–H groups in total. The number of esters is 4. The molecule has 33 nitrogen and oxygen atoms in total. The summed E-state index contributed by atoms with van der Waals surface area (Å²) in [5, 5.41) is 113. The summed E-state index contributed by atoms with van der Waals surface area (Å²) in [4.78, 5) is 141. The molecule has 1 heterocycles. The SMILES string of the molecule is C=C(C)C(=O)O.C=C(C)C(=O)O.C=C(C)C(=O)O.C=C(C)C(=O)O.C=C(C)C(=O)O.C=C(C)C(=O)O.C=CC(=O)OCC(COC(=O)C=C)(COC(=O)C=C)COC(=O)C=C.O=c1n(CCO)c(=O)n(CCC(CO)(CO)CO)c(=O)n1CCC(CO)(CO)CO. The highest BCUT2D eigenvalue weighted by Crippen LogP contribution is 2.23. The van der Waals surface area contributed by atoms with Crippen molar-refractivity contribution in [2.45, 2.75) is 74.0 Å². The number of rotatable bonds is 32. The van der Waals surface area contributed by atoms with Crippen LogP contribution < -0.4 is 17.1 Å². The van der Waals surface area contributed by atoms with Gasteiger partial charge in [-0.3, -0.25) is 0 Å². The first-order valence-corrected chi connectivity index (χ1v) is 25.6. The quantitative estimate of drug-likeness (QED) is 0.0249. The summed E-state index contributed by atoms with van der Waals surface area (Å²) >= 11 is 0. The maximum atomic E-state index is 12.8. The van der Waals surface area contributed by atoms with Crippen molar-refractivity contribution in [2.75, 3.05) is 72.7 Å². The van der Waals surface area contributed by atoms with Gasteiger partial charge in [-0.05, 0) is 54.4 Å². The first-order valence-electron chi connectivity index (χ1n) is 25.6. The van der Waals surface area contributed by atoms with E-state index in [0.29, 0.717) is 13.7 Å². The molecule has 0 unspecified atom stereocenters. The zero-order valence-electron chi connectivity index (χ0n) is 51.8. The van der Waals surface area contributed by atoms with Gasteiger partial charge in [0.2, 0.25) is 0 Å². The lowest BCUT2D eigenvalue weighted by Gasteiger charge is -2.31. The summed E-state index contributed by atoms with van der Waals surface area (Å²) in [5.41, 5.74) is -6.01. The summed E-state index contributed by atoms with van der Waals surface area (Å²) in [7, 11) is 0. The standard InChI is InChI=1S/C17H31N3O10.C17H20O8.6C4H6O2/c21-6-5-20-14(29)18(3-1-16(7-22,8-23)9-24)13(28)19(15(20)30)4-2-17(10-25,11-26)12-27;1-5-13(18)22-9-17(10-23-14(19)6-2,11-24-15(20)7-3)12-25-16(21)8-4;6*1-3(2)4(5)6/h21-27H,1-12H2;5-8H,1-4,9-12H2;6*1H2,2H3,(H,5,6). The summed E-state index contributed by atoms with van der Waals surface area (Å²) in [6, 6.07) is 0. The van der Waals surface area contributed by atoms with Crippen molar-refractivity contribution < 1.29 is 133 Å². The molecule has 0 atom stereocenters. The number of aromatic nitrogens is 3. The Balaban J connectivity index is -0.000000203. The van der Waals surface area contributed by atoms with Crippen molar-refractivity contribution >= 4 is 59.7 Å². The summed E-state index contributed by atoms with van der Waals surface area (Å²) in [6.07, 6.45) is 3.38. The predicted molar refractivity (Wildman–Crippen MR) is 325 cm³/mol. The zero-order valence-corrected chi connectivity index (χ0v) is 51.8. The Morgan fingerprint density at radius 2 is 0.495 bits per heavy atom. The molecule has 1 aromatic heterocycles. The minimum absolute atomic E-state index is 0.156. The molecule has 0 aromatic carbocycles. The lowest BCUT2D eigenvalue weighted by molar-refractivity contribution is -0.164. The second-order valence-electron chi connectivity index (χ2n) is 18.7. The molecule has 514 valence electrons. The fraction of sp³-hybridized carbons (Fsp3) is 0.431. The Hall–Kier alpha value is -9.77. The molecular weight excluding hydrogens is 1220 g/mol. The third kappa shape index (κ3) is 46.1. The second-order valence-corrected chi connectivity index (χ2v) is 18.7. The largest absolute Gasteiger partial charge is 0.478 e. The number of hydrogen-bond acceptors (Lipinski definition) is 24. The van der Waals surface area contributed by atoms with Crippen molar-refractivity contribution in [2.24, 2.45) is 16.2 Å². The third-order valence-electron chi connectivity index (χ3n) is 10.4. The third-order valence-corrected chi connectivity index (χ3v) is 10.4. The molecule has 0 amide bonds. The van der Waals surface area contributed by atoms with Gasteiger partial charge in [-0.15, -0.1) is 0 Å². The molecule has 0 aliphatic rings. The Kier molecular flexibility index (Phi) is 54.4. The van der Waals surface area contributed by atoms with Crippen LogP contribution >= 0.6 is 0 Å². The van der Waals surface area contributed by atoms with Gasteiger partial charge in [0.25, 0.3) is 0 Å². The molecule has 33 heteroatoms. The zero-order chi connectivity index (χ0) is 73.2. The van der Waals surface area contributed by atoms with Gasteiger partial charge in [-0.1, -0.05) is 65.8 Å². The molecule has 0 aliphatic heterocycles. The maximum Gasteiger partial charge on any atom is 0.336 e. The van der Waals surface area contributed by atoms with E-state index in [2.05, 4.69) is 65.8 Å². The van der Waals surface area contributed by atoms with E-state index in [9.17, 15) is 98.1 Å². The number of aliphatic hydroxyl groups is 7. The monoisotopic (exact) mass is 1310 g/mol. The molecule has 0 fully saturated rings. The molecule has 0 saturated carbocycles. The highest BCUT2D eigenvalue weighted by Gasteiger charge is 2.37. The highest BCUT2D eigenvalue weighted by molar-refractivity contribution is 5.87. The van der Waals surface area contributed by atoms with Crippen LogP contribution in [0.2, 0.25) is 0 Å².